The van der Waals surface area contributed by atoms with Gasteiger partial charge in [0.2, 0.25) is 0 Å². The highest BCUT2D eigenvalue weighted by molar-refractivity contribution is 7.26. The first-order chi connectivity index (χ1) is 28.7. The molecule has 0 bridgehead atoms. The molecule has 12 rings (SSSR count). The van der Waals surface area contributed by atoms with Crippen molar-refractivity contribution in [3.8, 4) is 22.3 Å². The number of furan rings is 1. The van der Waals surface area contributed by atoms with Gasteiger partial charge in [-0.1, -0.05) is 158 Å². The maximum atomic E-state index is 6.60. The van der Waals surface area contributed by atoms with E-state index in [1.165, 1.54) is 47.3 Å². The van der Waals surface area contributed by atoms with E-state index in [-0.39, 0.29) is 6.17 Å². The molecule has 0 saturated carbocycles. The molecule has 9 aromatic carbocycles. The van der Waals surface area contributed by atoms with Crippen molar-refractivity contribution in [1.82, 2.24) is 5.32 Å². The number of aliphatic imine (C=N–C) groups is 2. The van der Waals surface area contributed by atoms with E-state index in [4.69, 9.17) is 14.4 Å². The second-order valence-electron chi connectivity index (χ2n) is 14.9. The van der Waals surface area contributed by atoms with Crippen molar-refractivity contribution < 1.29 is 4.42 Å². The normalized spacial score (nSPS) is 14.4. The molecule has 1 aliphatic rings. The Kier molecular flexibility index (Phi) is 7.43. The van der Waals surface area contributed by atoms with Crippen LogP contribution < -0.4 is 5.32 Å². The summed E-state index contributed by atoms with van der Waals surface area (Å²) in [6.07, 6.45) is -0.350. The van der Waals surface area contributed by atoms with Crippen LogP contribution in [0.2, 0.25) is 0 Å². The van der Waals surface area contributed by atoms with Crippen LogP contribution in [0.3, 0.4) is 0 Å². The monoisotopic (exact) mass is 759 g/mol. The highest BCUT2D eigenvalue weighted by atomic mass is 32.1. The number of thiophene rings is 1. The molecule has 0 spiro atoms. The SMILES string of the molecule is c1ccc(C2=NC(c3cccc4c3sc3ccccc34)NC(c3ccccc3-c3cccc4oc5ccc(-c6cc7ccccc7c7ccccc67)cc5c34)=N2)cc1. The quantitative estimate of drug-likeness (QED) is 0.178. The van der Waals surface area contributed by atoms with Gasteiger partial charge in [-0.3, -0.25) is 0 Å². The summed E-state index contributed by atoms with van der Waals surface area (Å²) in [6.45, 7) is 0. The Balaban J connectivity index is 1.03. The molecule has 4 nitrogen and oxygen atoms in total. The Morgan fingerprint density at radius 1 is 0.466 bits per heavy atom. The fraction of sp³-hybridized carbons (Fsp3) is 0.0189. The number of nitrogens with one attached hydrogen (secondary N) is 1. The van der Waals surface area contributed by atoms with Crippen molar-refractivity contribution >= 4 is 86.7 Å². The summed E-state index contributed by atoms with van der Waals surface area (Å²) < 4.78 is 9.10. The second kappa shape index (κ2) is 13.1. The van der Waals surface area contributed by atoms with E-state index in [9.17, 15) is 0 Å². The minimum absolute atomic E-state index is 0.350. The number of hydrogen-bond acceptors (Lipinski definition) is 5. The third kappa shape index (κ3) is 5.21. The average molecular weight is 760 g/mol. The third-order valence-corrected chi connectivity index (χ3v) is 12.8. The predicted octanol–water partition coefficient (Wildman–Crippen LogP) is 14.1. The van der Waals surface area contributed by atoms with Crippen molar-refractivity contribution in [2.75, 3.05) is 0 Å². The van der Waals surface area contributed by atoms with Gasteiger partial charge in [0.15, 0.2) is 5.84 Å². The molecule has 1 N–H and O–H groups in total. The van der Waals surface area contributed by atoms with E-state index in [0.29, 0.717) is 5.84 Å². The maximum Gasteiger partial charge on any atom is 0.159 e. The van der Waals surface area contributed by atoms with Gasteiger partial charge in [0, 0.05) is 47.6 Å². The molecule has 1 aliphatic heterocycles. The molecule has 2 aromatic heterocycles. The number of rotatable bonds is 5. The van der Waals surface area contributed by atoms with Crippen LogP contribution in [0.15, 0.2) is 202 Å². The lowest BCUT2D eigenvalue weighted by Crippen LogP contribution is -2.34. The Labute approximate surface area is 338 Å². The van der Waals surface area contributed by atoms with Gasteiger partial charge in [0.1, 0.15) is 23.2 Å². The standard InChI is InChI=1S/C53H33N3OS/c1-2-14-32(15-3-1)51-54-52(56-53(55-51)43-25-12-24-41-39-21-10-11-27-48(39)58-50(41)43)42-22-9-8-20-38(42)40-23-13-26-47-49(40)45-31-34(28-29-46(45)57-47)44-30-33-16-4-5-17-35(33)36-18-6-7-19-37(36)44/h1-31,53H,(H,54,55,56). The summed E-state index contributed by atoms with van der Waals surface area (Å²) in [4.78, 5) is 10.6. The second-order valence-corrected chi connectivity index (χ2v) is 15.9. The summed E-state index contributed by atoms with van der Waals surface area (Å²) in [5.41, 5.74) is 9.33. The van der Waals surface area contributed by atoms with Gasteiger partial charge < -0.3 is 9.73 Å². The van der Waals surface area contributed by atoms with Gasteiger partial charge in [-0.15, -0.1) is 11.3 Å². The highest BCUT2D eigenvalue weighted by Gasteiger charge is 2.26. The van der Waals surface area contributed by atoms with Gasteiger partial charge >= 0.3 is 0 Å². The molecular formula is C53H33N3OS. The van der Waals surface area contributed by atoms with Crippen LogP contribution in [0.25, 0.3) is 85.9 Å². The highest BCUT2D eigenvalue weighted by Crippen LogP contribution is 2.43. The Hall–Kier alpha value is -7.34. The van der Waals surface area contributed by atoms with Crippen molar-refractivity contribution in [1.29, 1.82) is 0 Å². The predicted molar refractivity (Wildman–Crippen MR) is 244 cm³/mol. The van der Waals surface area contributed by atoms with Crippen LogP contribution in [0.1, 0.15) is 22.9 Å². The zero-order valence-corrected chi connectivity index (χ0v) is 32.0. The van der Waals surface area contributed by atoms with Crippen LogP contribution in [-0.2, 0) is 0 Å². The van der Waals surface area contributed by atoms with Crippen LogP contribution in [0.5, 0.6) is 0 Å². The third-order valence-electron chi connectivity index (χ3n) is 11.6. The summed E-state index contributed by atoms with van der Waals surface area (Å²) in [5.74, 6) is 1.48. The minimum Gasteiger partial charge on any atom is -0.456 e. The molecule has 5 heteroatoms. The zero-order valence-electron chi connectivity index (χ0n) is 31.2. The molecule has 11 aromatic rings. The fourth-order valence-corrected chi connectivity index (χ4v) is 10.1. The fourth-order valence-electron chi connectivity index (χ4n) is 8.88. The van der Waals surface area contributed by atoms with E-state index in [0.717, 1.165) is 61.2 Å². The molecule has 0 fully saturated rings. The Morgan fingerprint density at radius 2 is 1.17 bits per heavy atom. The Bertz CT molecular complexity index is 3500. The number of fused-ring (bicyclic) bond motifs is 9. The van der Waals surface area contributed by atoms with Crippen molar-refractivity contribution in [2.24, 2.45) is 9.98 Å². The number of nitrogens with zero attached hydrogens (tertiary/aromatic N) is 2. The summed E-state index contributed by atoms with van der Waals surface area (Å²) >= 11 is 1.82. The number of benzene rings is 9. The van der Waals surface area contributed by atoms with Crippen molar-refractivity contribution in [3.05, 3.63) is 205 Å². The summed E-state index contributed by atoms with van der Waals surface area (Å²) in [5, 5.41) is 13.5. The first-order valence-electron chi connectivity index (χ1n) is 19.6. The molecule has 0 amide bonds. The number of amidine groups is 2. The maximum absolute atomic E-state index is 6.60. The van der Waals surface area contributed by atoms with Crippen LogP contribution >= 0.6 is 11.3 Å². The Morgan fingerprint density at radius 3 is 2.07 bits per heavy atom. The van der Waals surface area contributed by atoms with Crippen molar-refractivity contribution in [3.63, 3.8) is 0 Å². The van der Waals surface area contributed by atoms with E-state index in [1.807, 2.05) is 29.5 Å². The molecule has 1 unspecified atom stereocenters. The van der Waals surface area contributed by atoms with Gasteiger partial charge in [-0.25, -0.2) is 9.98 Å². The molecule has 58 heavy (non-hydrogen) atoms. The largest absolute Gasteiger partial charge is 0.456 e. The lowest BCUT2D eigenvalue weighted by atomic mass is 9.91. The smallest absolute Gasteiger partial charge is 0.159 e. The lowest BCUT2D eigenvalue weighted by Gasteiger charge is -2.25. The molecule has 0 saturated heterocycles. The molecule has 0 aliphatic carbocycles. The number of hydrogen-bond donors (Lipinski definition) is 1. The summed E-state index contributed by atoms with van der Waals surface area (Å²) in [7, 11) is 0. The van der Waals surface area contributed by atoms with Gasteiger partial charge in [0.05, 0.1) is 0 Å². The molecular weight excluding hydrogens is 727 g/mol. The first-order valence-corrected chi connectivity index (χ1v) is 20.4. The average Bonchev–Trinajstić information content (AvgIpc) is 3.87. The van der Waals surface area contributed by atoms with E-state index in [2.05, 4.69) is 175 Å². The van der Waals surface area contributed by atoms with Crippen LogP contribution in [0.4, 0.5) is 0 Å². The zero-order chi connectivity index (χ0) is 38.2. The van der Waals surface area contributed by atoms with Crippen LogP contribution in [-0.4, -0.2) is 11.7 Å². The molecule has 0 radical (unpaired) electrons. The van der Waals surface area contributed by atoms with E-state index >= 15 is 0 Å². The first kappa shape index (κ1) is 32.9. The van der Waals surface area contributed by atoms with Gasteiger partial charge in [0.25, 0.3) is 0 Å². The van der Waals surface area contributed by atoms with Crippen molar-refractivity contribution in [2.45, 2.75) is 6.17 Å². The summed E-state index contributed by atoms with van der Waals surface area (Å²) in [6, 6.07) is 66.8. The van der Waals surface area contributed by atoms with Crippen LogP contribution in [0, 0.1) is 0 Å². The molecule has 3 heterocycles. The van der Waals surface area contributed by atoms with Gasteiger partial charge in [-0.05, 0) is 74.1 Å². The topological polar surface area (TPSA) is 49.9 Å². The molecule has 272 valence electrons. The lowest BCUT2D eigenvalue weighted by molar-refractivity contribution is 0.669. The molecule has 1 atom stereocenters. The van der Waals surface area contributed by atoms with Gasteiger partial charge in [-0.2, -0.15) is 0 Å². The minimum atomic E-state index is -0.350. The van der Waals surface area contributed by atoms with E-state index < -0.39 is 0 Å². The van der Waals surface area contributed by atoms with E-state index in [1.54, 1.807) is 0 Å².